The summed E-state index contributed by atoms with van der Waals surface area (Å²) in [7, 11) is 1.66. The molecular formula is C19H28N2O2. The lowest BCUT2D eigenvalue weighted by atomic mass is 10.1. The van der Waals surface area contributed by atoms with Crippen LogP contribution in [-0.2, 0) is 11.3 Å². The number of aromatic nitrogens is 1. The minimum Gasteiger partial charge on any atom is -0.496 e. The average Bonchev–Trinajstić information content (AvgIpc) is 2.98. The summed E-state index contributed by atoms with van der Waals surface area (Å²) in [5, 5.41) is 3.05. The maximum absolute atomic E-state index is 12.5. The van der Waals surface area contributed by atoms with Crippen LogP contribution in [0.3, 0.4) is 0 Å². The third-order valence-corrected chi connectivity index (χ3v) is 4.89. The molecule has 0 aromatic carbocycles. The monoisotopic (exact) mass is 316 g/mol. The molecule has 2 atom stereocenters. The van der Waals surface area contributed by atoms with Crippen molar-refractivity contribution >= 4 is 5.91 Å². The highest BCUT2D eigenvalue weighted by atomic mass is 16.5. The maximum atomic E-state index is 12.5. The van der Waals surface area contributed by atoms with E-state index in [1.54, 1.807) is 13.3 Å². The summed E-state index contributed by atoms with van der Waals surface area (Å²) in [6.45, 7) is 12.9. The Hall–Kier alpha value is -1.84. The zero-order chi connectivity index (χ0) is 17.4. The van der Waals surface area contributed by atoms with Gasteiger partial charge in [0.2, 0.25) is 5.91 Å². The van der Waals surface area contributed by atoms with Crippen molar-refractivity contribution in [2.24, 2.45) is 17.3 Å². The van der Waals surface area contributed by atoms with Crippen molar-refractivity contribution in [2.45, 2.75) is 48.1 Å². The Kier molecular flexibility index (Phi) is 4.83. The highest BCUT2D eigenvalue weighted by Crippen LogP contribution is 2.59. The SMILES string of the molecule is COc1c(C)cnc(CNC(=O)[C@@H]2[C@H](C=C(C)C)C2(C)C)c1C. The predicted octanol–water partition coefficient (Wildman–Crippen LogP) is 3.56. The molecule has 23 heavy (non-hydrogen) atoms. The van der Waals surface area contributed by atoms with Crippen molar-refractivity contribution in [3.8, 4) is 5.75 Å². The van der Waals surface area contributed by atoms with Crippen molar-refractivity contribution in [1.82, 2.24) is 10.3 Å². The number of ether oxygens (including phenoxy) is 1. The Morgan fingerprint density at radius 1 is 1.39 bits per heavy atom. The molecule has 1 aromatic heterocycles. The van der Waals surface area contributed by atoms with E-state index in [1.807, 2.05) is 13.8 Å². The quantitative estimate of drug-likeness (QED) is 0.845. The second kappa shape index (κ2) is 6.34. The van der Waals surface area contributed by atoms with Gasteiger partial charge in [0.05, 0.1) is 25.3 Å². The molecule has 0 bridgehead atoms. The summed E-state index contributed by atoms with van der Waals surface area (Å²) in [6.07, 6.45) is 4.00. The van der Waals surface area contributed by atoms with Crippen LogP contribution in [0.4, 0.5) is 0 Å². The molecule has 1 fully saturated rings. The Labute approximate surface area is 139 Å². The minimum atomic E-state index is 0.0365. The fraction of sp³-hybridized carbons (Fsp3) is 0.579. The van der Waals surface area contributed by atoms with Gasteiger partial charge in [0.1, 0.15) is 5.75 Å². The highest BCUT2D eigenvalue weighted by molar-refractivity contribution is 5.83. The molecule has 2 rings (SSSR count). The number of aryl methyl sites for hydroxylation is 1. The predicted molar refractivity (Wildman–Crippen MR) is 92.3 cm³/mol. The van der Waals surface area contributed by atoms with Crippen LogP contribution in [0.5, 0.6) is 5.75 Å². The van der Waals surface area contributed by atoms with Gasteiger partial charge in [-0.05, 0) is 39.0 Å². The van der Waals surface area contributed by atoms with Crippen LogP contribution in [0.25, 0.3) is 0 Å². The number of amides is 1. The zero-order valence-electron chi connectivity index (χ0n) is 15.3. The van der Waals surface area contributed by atoms with Crippen LogP contribution < -0.4 is 10.1 Å². The van der Waals surface area contributed by atoms with E-state index in [-0.39, 0.29) is 17.2 Å². The standard InChI is InChI=1S/C19H28N2O2/c1-11(2)8-14-16(19(14,5)6)18(22)21-10-15-13(4)17(23-7)12(3)9-20-15/h8-9,14,16H,10H2,1-7H3,(H,21,22)/t14-,16-/m0/s1. The van der Waals surface area contributed by atoms with Gasteiger partial charge in [0, 0.05) is 17.3 Å². The van der Waals surface area contributed by atoms with Crippen LogP contribution >= 0.6 is 0 Å². The van der Waals surface area contributed by atoms with Crippen LogP contribution in [0.1, 0.15) is 44.5 Å². The fourth-order valence-electron chi connectivity index (χ4n) is 3.38. The summed E-state index contributed by atoms with van der Waals surface area (Å²) < 4.78 is 5.42. The van der Waals surface area contributed by atoms with Crippen LogP contribution in [-0.4, -0.2) is 18.0 Å². The lowest BCUT2D eigenvalue weighted by Gasteiger charge is -2.13. The topological polar surface area (TPSA) is 51.2 Å². The molecule has 0 spiro atoms. The minimum absolute atomic E-state index is 0.0365. The van der Waals surface area contributed by atoms with E-state index in [0.717, 1.165) is 22.6 Å². The number of rotatable bonds is 5. The van der Waals surface area contributed by atoms with Crippen LogP contribution in [0.15, 0.2) is 17.8 Å². The molecule has 1 saturated carbocycles. The second-order valence-electron chi connectivity index (χ2n) is 7.33. The van der Waals surface area contributed by atoms with Gasteiger partial charge in [0.15, 0.2) is 0 Å². The first-order valence-corrected chi connectivity index (χ1v) is 8.12. The number of carbonyl (C=O) groups excluding carboxylic acids is 1. The summed E-state index contributed by atoms with van der Waals surface area (Å²) in [6, 6.07) is 0. The van der Waals surface area contributed by atoms with Crippen LogP contribution in [0, 0.1) is 31.1 Å². The van der Waals surface area contributed by atoms with E-state index >= 15 is 0 Å². The molecule has 126 valence electrons. The zero-order valence-corrected chi connectivity index (χ0v) is 15.3. The molecule has 1 aromatic rings. The van der Waals surface area contributed by atoms with E-state index < -0.39 is 0 Å². The molecule has 0 radical (unpaired) electrons. The average molecular weight is 316 g/mol. The molecule has 1 aliphatic carbocycles. The first-order chi connectivity index (χ1) is 10.7. The van der Waals surface area contributed by atoms with Gasteiger partial charge in [-0.2, -0.15) is 0 Å². The molecule has 1 heterocycles. The fourth-order valence-corrected chi connectivity index (χ4v) is 3.38. The summed E-state index contributed by atoms with van der Waals surface area (Å²) in [5.74, 6) is 1.33. The Morgan fingerprint density at radius 2 is 2.04 bits per heavy atom. The lowest BCUT2D eigenvalue weighted by Crippen LogP contribution is -2.27. The first kappa shape index (κ1) is 17.5. The largest absolute Gasteiger partial charge is 0.496 e. The number of nitrogens with zero attached hydrogens (tertiary/aromatic N) is 1. The molecule has 0 aliphatic heterocycles. The molecule has 4 heteroatoms. The Morgan fingerprint density at radius 3 is 2.61 bits per heavy atom. The first-order valence-electron chi connectivity index (χ1n) is 8.12. The number of hydrogen-bond acceptors (Lipinski definition) is 3. The van der Waals surface area contributed by atoms with Gasteiger partial charge in [-0.25, -0.2) is 0 Å². The van der Waals surface area contributed by atoms with Gasteiger partial charge in [-0.1, -0.05) is 25.5 Å². The number of carbonyl (C=O) groups is 1. The smallest absolute Gasteiger partial charge is 0.224 e. The number of hydrogen-bond donors (Lipinski definition) is 1. The van der Waals surface area contributed by atoms with Gasteiger partial charge in [-0.3, -0.25) is 9.78 Å². The molecule has 0 saturated heterocycles. The molecule has 0 unspecified atom stereocenters. The second-order valence-corrected chi connectivity index (χ2v) is 7.33. The molecular weight excluding hydrogens is 288 g/mol. The number of nitrogens with one attached hydrogen (secondary N) is 1. The Balaban J connectivity index is 2.05. The summed E-state index contributed by atoms with van der Waals surface area (Å²) in [4.78, 5) is 17.0. The van der Waals surface area contributed by atoms with Crippen molar-refractivity contribution in [3.63, 3.8) is 0 Å². The van der Waals surface area contributed by atoms with E-state index in [9.17, 15) is 4.79 Å². The van der Waals surface area contributed by atoms with Gasteiger partial charge < -0.3 is 10.1 Å². The van der Waals surface area contributed by atoms with E-state index in [0.29, 0.717) is 12.5 Å². The van der Waals surface area contributed by atoms with Gasteiger partial charge in [-0.15, -0.1) is 0 Å². The van der Waals surface area contributed by atoms with Crippen molar-refractivity contribution in [2.75, 3.05) is 7.11 Å². The summed E-state index contributed by atoms with van der Waals surface area (Å²) >= 11 is 0. The van der Waals surface area contributed by atoms with Crippen LogP contribution in [0.2, 0.25) is 0 Å². The molecule has 4 nitrogen and oxygen atoms in total. The Bertz CT molecular complexity index is 643. The number of allylic oxidation sites excluding steroid dienone is 2. The normalized spacial score (nSPS) is 21.5. The van der Waals surface area contributed by atoms with E-state index in [4.69, 9.17) is 4.74 Å². The lowest BCUT2D eigenvalue weighted by molar-refractivity contribution is -0.123. The summed E-state index contributed by atoms with van der Waals surface area (Å²) in [5.41, 5.74) is 4.15. The molecule has 1 N–H and O–H groups in total. The third-order valence-electron chi connectivity index (χ3n) is 4.89. The maximum Gasteiger partial charge on any atom is 0.224 e. The van der Waals surface area contributed by atoms with Gasteiger partial charge >= 0.3 is 0 Å². The van der Waals surface area contributed by atoms with Crippen molar-refractivity contribution in [3.05, 3.63) is 34.7 Å². The van der Waals surface area contributed by atoms with Crippen molar-refractivity contribution < 1.29 is 9.53 Å². The van der Waals surface area contributed by atoms with Crippen molar-refractivity contribution in [1.29, 1.82) is 0 Å². The van der Waals surface area contributed by atoms with Gasteiger partial charge in [0.25, 0.3) is 0 Å². The third kappa shape index (κ3) is 3.41. The van der Waals surface area contributed by atoms with E-state index in [1.165, 1.54) is 5.57 Å². The number of methoxy groups -OCH3 is 1. The molecule has 1 amide bonds. The van der Waals surface area contributed by atoms with E-state index in [2.05, 4.69) is 44.1 Å². The molecule has 1 aliphatic rings. The number of pyridine rings is 1. The highest BCUT2D eigenvalue weighted by Gasteiger charge is 2.60.